The SMILES string of the molecule is CC(C)(C)C1CCCN(C(=O)C2CCC(N)C2)CC1.Cl. The van der Waals surface area contributed by atoms with E-state index in [1.807, 2.05) is 0 Å². The van der Waals surface area contributed by atoms with Crippen molar-refractivity contribution in [3.05, 3.63) is 0 Å². The average molecular weight is 303 g/mol. The number of halogens is 1. The summed E-state index contributed by atoms with van der Waals surface area (Å²) in [5.41, 5.74) is 6.30. The highest BCUT2D eigenvalue weighted by Crippen LogP contribution is 2.35. The molecule has 3 nitrogen and oxygen atoms in total. The van der Waals surface area contributed by atoms with Crippen molar-refractivity contribution in [1.29, 1.82) is 0 Å². The van der Waals surface area contributed by atoms with Gasteiger partial charge in [0, 0.05) is 25.0 Å². The molecule has 2 N–H and O–H groups in total. The minimum Gasteiger partial charge on any atom is -0.342 e. The summed E-state index contributed by atoms with van der Waals surface area (Å²) in [4.78, 5) is 14.6. The van der Waals surface area contributed by atoms with Gasteiger partial charge in [-0.15, -0.1) is 12.4 Å². The van der Waals surface area contributed by atoms with Crippen LogP contribution in [0.5, 0.6) is 0 Å². The van der Waals surface area contributed by atoms with Gasteiger partial charge in [0.05, 0.1) is 0 Å². The van der Waals surface area contributed by atoms with E-state index in [-0.39, 0.29) is 24.4 Å². The van der Waals surface area contributed by atoms with E-state index in [0.717, 1.165) is 51.1 Å². The molecule has 0 aromatic heterocycles. The number of carbonyl (C=O) groups is 1. The average Bonchev–Trinajstić information content (AvgIpc) is 2.62. The Hall–Kier alpha value is -0.280. The maximum Gasteiger partial charge on any atom is 0.225 e. The number of likely N-dealkylation sites (tertiary alicyclic amines) is 1. The summed E-state index contributed by atoms with van der Waals surface area (Å²) < 4.78 is 0. The predicted octanol–water partition coefficient (Wildman–Crippen LogP) is 3.21. The van der Waals surface area contributed by atoms with E-state index in [2.05, 4.69) is 25.7 Å². The third-order valence-corrected chi connectivity index (χ3v) is 5.09. The Morgan fingerprint density at radius 1 is 1.10 bits per heavy atom. The summed E-state index contributed by atoms with van der Waals surface area (Å²) in [6, 6.07) is 0.253. The van der Waals surface area contributed by atoms with Crippen LogP contribution in [-0.2, 0) is 4.79 Å². The Kier molecular flexibility index (Phi) is 6.33. The van der Waals surface area contributed by atoms with Crippen molar-refractivity contribution in [1.82, 2.24) is 4.90 Å². The van der Waals surface area contributed by atoms with Gasteiger partial charge in [0.15, 0.2) is 0 Å². The Balaban J connectivity index is 0.00000200. The first-order valence-corrected chi connectivity index (χ1v) is 7.92. The highest BCUT2D eigenvalue weighted by molar-refractivity contribution is 5.85. The maximum absolute atomic E-state index is 12.5. The lowest BCUT2D eigenvalue weighted by Gasteiger charge is -2.30. The molecule has 4 heteroatoms. The van der Waals surface area contributed by atoms with Gasteiger partial charge in [-0.2, -0.15) is 0 Å². The Morgan fingerprint density at radius 2 is 1.80 bits per heavy atom. The molecule has 3 unspecified atom stereocenters. The van der Waals surface area contributed by atoms with E-state index < -0.39 is 0 Å². The van der Waals surface area contributed by atoms with Crippen molar-refractivity contribution in [2.45, 2.75) is 65.3 Å². The van der Waals surface area contributed by atoms with Crippen LogP contribution in [0, 0.1) is 17.3 Å². The molecule has 1 aliphatic heterocycles. The molecular weight excluding hydrogens is 272 g/mol. The fourth-order valence-corrected chi connectivity index (χ4v) is 3.68. The van der Waals surface area contributed by atoms with Gasteiger partial charge < -0.3 is 10.6 Å². The molecule has 3 atom stereocenters. The van der Waals surface area contributed by atoms with Crippen LogP contribution in [0.3, 0.4) is 0 Å². The zero-order valence-electron chi connectivity index (χ0n) is 13.2. The van der Waals surface area contributed by atoms with Crippen molar-refractivity contribution in [3.63, 3.8) is 0 Å². The second-order valence-electron chi connectivity index (χ2n) is 7.59. The summed E-state index contributed by atoms with van der Waals surface area (Å²) in [7, 11) is 0. The lowest BCUT2D eigenvalue weighted by Crippen LogP contribution is -2.37. The van der Waals surface area contributed by atoms with Crippen LogP contribution in [-0.4, -0.2) is 29.9 Å². The fourth-order valence-electron chi connectivity index (χ4n) is 3.68. The standard InChI is InChI=1S/C16H30N2O.ClH/c1-16(2,3)13-5-4-9-18(10-8-13)15(19)12-6-7-14(17)11-12;/h12-14H,4-11,17H2,1-3H3;1H. The van der Waals surface area contributed by atoms with Crippen LogP contribution < -0.4 is 5.73 Å². The molecule has 1 aliphatic carbocycles. The third-order valence-electron chi connectivity index (χ3n) is 5.09. The van der Waals surface area contributed by atoms with Crippen LogP contribution in [0.4, 0.5) is 0 Å². The minimum atomic E-state index is 0. The lowest BCUT2D eigenvalue weighted by atomic mass is 9.77. The van der Waals surface area contributed by atoms with Gasteiger partial charge in [-0.05, 0) is 49.9 Å². The fraction of sp³-hybridized carbons (Fsp3) is 0.938. The van der Waals surface area contributed by atoms with Gasteiger partial charge in [-0.3, -0.25) is 4.79 Å². The first-order valence-electron chi connectivity index (χ1n) is 7.92. The molecule has 1 amide bonds. The second kappa shape index (κ2) is 7.13. The van der Waals surface area contributed by atoms with E-state index in [1.54, 1.807) is 0 Å². The normalized spacial score (nSPS) is 31.6. The van der Waals surface area contributed by atoms with E-state index in [1.165, 1.54) is 6.42 Å². The molecule has 0 radical (unpaired) electrons. The zero-order valence-corrected chi connectivity index (χ0v) is 14.0. The third kappa shape index (κ3) is 4.36. The van der Waals surface area contributed by atoms with Gasteiger partial charge in [-0.25, -0.2) is 0 Å². The highest BCUT2D eigenvalue weighted by atomic mass is 35.5. The van der Waals surface area contributed by atoms with Crippen molar-refractivity contribution in [3.8, 4) is 0 Å². The van der Waals surface area contributed by atoms with Gasteiger partial charge >= 0.3 is 0 Å². The Bertz CT molecular complexity index is 327. The van der Waals surface area contributed by atoms with E-state index in [0.29, 0.717) is 11.3 Å². The van der Waals surface area contributed by atoms with Crippen molar-refractivity contribution in [2.75, 3.05) is 13.1 Å². The van der Waals surface area contributed by atoms with Gasteiger partial charge in [0.1, 0.15) is 0 Å². The molecule has 2 fully saturated rings. The number of nitrogens with zero attached hydrogens (tertiary/aromatic N) is 1. The first kappa shape index (κ1) is 17.8. The van der Waals surface area contributed by atoms with E-state index in [9.17, 15) is 4.79 Å². The van der Waals surface area contributed by atoms with E-state index >= 15 is 0 Å². The molecule has 1 heterocycles. The summed E-state index contributed by atoms with van der Waals surface area (Å²) in [6.45, 7) is 8.88. The molecular formula is C16H31ClN2O. The summed E-state index contributed by atoms with van der Waals surface area (Å²) in [5.74, 6) is 1.33. The summed E-state index contributed by atoms with van der Waals surface area (Å²) >= 11 is 0. The number of hydrogen-bond donors (Lipinski definition) is 1. The molecule has 0 spiro atoms. The smallest absolute Gasteiger partial charge is 0.225 e. The number of nitrogens with two attached hydrogens (primary N) is 1. The van der Waals surface area contributed by atoms with Gasteiger partial charge in [0.2, 0.25) is 5.91 Å². The van der Waals surface area contributed by atoms with E-state index in [4.69, 9.17) is 5.73 Å². The predicted molar refractivity (Wildman–Crippen MR) is 85.9 cm³/mol. The minimum absolute atomic E-state index is 0. The van der Waals surface area contributed by atoms with Gasteiger partial charge in [-0.1, -0.05) is 20.8 Å². The summed E-state index contributed by atoms with van der Waals surface area (Å²) in [5, 5.41) is 0. The molecule has 2 aliphatic rings. The molecule has 0 bridgehead atoms. The number of rotatable bonds is 1. The second-order valence-corrected chi connectivity index (χ2v) is 7.59. The van der Waals surface area contributed by atoms with Crippen LogP contribution in [0.1, 0.15) is 59.3 Å². The Labute approximate surface area is 130 Å². The van der Waals surface area contributed by atoms with Crippen molar-refractivity contribution < 1.29 is 4.79 Å². The Morgan fingerprint density at radius 3 is 2.35 bits per heavy atom. The number of hydrogen-bond acceptors (Lipinski definition) is 2. The maximum atomic E-state index is 12.5. The summed E-state index contributed by atoms with van der Waals surface area (Å²) in [6.07, 6.45) is 6.50. The quantitative estimate of drug-likeness (QED) is 0.808. The molecule has 2 rings (SSSR count). The molecule has 118 valence electrons. The first-order chi connectivity index (χ1) is 8.88. The van der Waals surface area contributed by atoms with Crippen LogP contribution in [0.25, 0.3) is 0 Å². The zero-order chi connectivity index (χ0) is 14.0. The number of carbonyl (C=O) groups excluding carboxylic acids is 1. The van der Waals surface area contributed by atoms with Crippen molar-refractivity contribution in [2.24, 2.45) is 23.0 Å². The molecule has 1 saturated heterocycles. The van der Waals surface area contributed by atoms with Crippen molar-refractivity contribution >= 4 is 18.3 Å². The monoisotopic (exact) mass is 302 g/mol. The van der Waals surface area contributed by atoms with Gasteiger partial charge in [0.25, 0.3) is 0 Å². The van der Waals surface area contributed by atoms with Crippen LogP contribution in [0.15, 0.2) is 0 Å². The molecule has 0 aromatic carbocycles. The topological polar surface area (TPSA) is 46.3 Å². The highest BCUT2D eigenvalue weighted by Gasteiger charge is 2.33. The largest absolute Gasteiger partial charge is 0.342 e. The van der Waals surface area contributed by atoms with Crippen LogP contribution >= 0.6 is 12.4 Å². The van der Waals surface area contributed by atoms with Crippen LogP contribution in [0.2, 0.25) is 0 Å². The lowest BCUT2D eigenvalue weighted by molar-refractivity contribution is -0.135. The number of amides is 1. The molecule has 20 heavy (non-hydrogen) atoms. The molecule has 0 aromatic rings. The molecule has 1 saturated carbocycles.